The van der Waals surface area contributed by atoms with Crippen molar-refractivity contribution in [2.45, 2.75) is 26.7 Å². The maximum Gasteiger partial charge on any atom is 0.262 e. The highest BCUT2D eigenvalue weighted by atomic mass is 35.5. The maximum atomic E-state index is 12.5. The predicted molar refractivity (Wildman–Crippen MR) is 116 cm³/mol. The molecule has 0 radical (unpaired) electrons. The van der Waals surface area contributed by atoms with Crippen LogP contribution in [0, 0.1) is 13.8 Å². The number of nitrogens with one attached hydrogen (secondary N) is 1. The third-order valence-electron chi connectivity index (χ3n) is 5.21. The first-order chi connectivity index (χ1) is 13.4. The maximum absolute atomic E-state index is 12.5. The summed E-state index contributed by atoms with van der Waals surface area (Å²) in [4.78, 5) is 12.5. The number of ether oxygens (including phenoxy) is 1. The van der Waals surface area contributed by atoms with Crippen molar-refractivity contribution < 1.29 is 9.53 Å². The summed E-state index contributed by atoms with van der Waals surface area (Å²) < 4.78 is 5.66. The second-order valence-corrected chi connectivity index (χ2v) is 8.10. The van der Waals surface area contributed by atoms with Gasteiger partial charge >= 0.3 is 0 Å². The van der Waals surface area contributed by atoms with Crippen molar-refractivity contribution in [3.05, 3.63) is 67.7 Å². The first-order valence-corrected chi connectivity index (χ1v) is 10.1. The van der Waals surface area contributed by atoms with Gasteiger partial charge in [0, 0.05) is 16.1 Å². The number of aryl methyl sites for hydroxylation is 2. The third kappa shape index (κ3) is 3.22. The van der Waals surface area contributed by atoms with Crippen LogP contribution < -0.4 is 10.1 Å². The van der Waals surface area contributed by atoms with Crippen molar-refractivity contribution in [2.75, 3.05) is 11.9 Å². The highest BCUT2D eigenvalue weighted by Gasteiger charge is 2.20. The van der Waals surface area contributed by atoms with Gasteiger partial charge in [0.2, 0.25) is 0 Å². The molecule has 0 saturated heterocycles. The molecule has 0 saturated carbocycles. The Kier molecular flexibility index (Phi) is 5.17. The van der Waals surface area contributed by atoms with E-state index in [1.165, 1.54) is 16.5 Å². The highest BCUT2D eigenvalue weighted by molar-refractivity contribution is 6.42. The number of hydrogen-bond donors (Lipinski definition) is 1. The highest BCUT2D eigenvalue weighted by Crippen LogP contribution is 2.42. The van der Waals surface area contributed by atoms with Crippen molar-refractivity contribution in [1.29, 1.82) is 0 Å². The van der Waals surface area contributed by atoms with Crippen molar-refractivity contribution in [1.82, 2.24) is 0 Å². The van der Waals surface area contributed by atoms with E-state index in [0.29, 0.717) is 26.2 Å². The lowest BCUT2D eigenvalue weighted by molar-refractivity contribution is -0.118. The minimum Gasteiger partial charge on any atom is -0.481 e. The Balaban J connectivity index is 1.55. The van der Waals surface area contributed by atoms with Gasteiger partial charge in [-0.15, -0.1) is 0 Å². The van der Waals surface area contributed by atoms with E-state index >= 15 is 0 Å². The van der Waals surface area contributed by atoms with Gasteiger partial charge in [0.05, 0.1) is 10.0 Å². The summed E-state index contributed by atoms with van der Waals surface area (Å²) in [6.45, 7) is 3.37. The Morgan fingerprint density at radius 3 is 2.29 bits per heavy atom. The van der Waals surface area contributed by atoms with Crippen LogP contribution in [0.1, 0.15) is 22.3 Å². The number of halogens is 3. The number of carbonyl (C=O) groups is 1. The van der Waals surface area contributed by atoms with Crippen LogP contribution in [0.2, 0.25) is 15.1 Å². The summed E-state index contributed by atoms with van der Waals surface area (Å²) in [5.74, 6) is -0.00520. The number of benzene rings is 3. The Morgan fingerprint density at radius 2 is 1.61 bits per heavy atom. The van der Waals surface area contributed by atoms with Gasteiger partial charge in [0.25, 0.3) is 5.91 Å². The van der Waals surface area contributed by atoms with Crippen LogP contribution in [-0.2, 0) is 17.6 Å². The molecule has 1 N–H and O–H groups in total. The van der Waals surface area contributed by atoms with Gasteiger partial charge in [-0.1, -0.05) is 59.1 Å². The molecule has 1 aliphatic carbocycles. The number of rotatable bonds is 4. The number of anilines is 1. The van der Waals surface area contributed by atoms with E-state index in [4.69, 9.17) is 39.5 Å². The Labute approximate surface area is 178 Å². The fourth-order valence-corrected chi connectivity index (χ4v) is 4.54. The molecule has 0 unspecified atom stereocenters. The molecular formula is C22H18Cl3NO2. The fourth-order valence-electron chi connectivity index (χ4n) is 3.72. The molecule has 144 valence electrons. The number of amides is 1. The second-order valence-electron chi connectivity index (χ2n) is 6.97. The Hall–Kier alpha value is -1.94. The van der Waals surface area contributed by atoms with Crippen molar-refractivity contribution in [3.8, 4) is 5.75 Å². The summed E-state index contributed by atoms with van der Waals surface area (Å²) in [6, 6.07) is 10.2. The third-order valence-corrected chi connectivity index (χ3v) is 6.69. The zero-order valence-corrected chi connectivity index (χ0v) is 17.7. The second kappa shape index (κ2) is 7.47. The van der Waals surface area contributed by atoms with Crippen LogP contribution in [0.15, 0.2) is 30.3 Å². The minimum atomic E-state index is -0.281. The van der Waals surface area contributed by atoms with E-state index < -0.39 is 0 Å². The van der Waals surface area contributed by atoms with Crippen LogP contribution in [0.4, 0.5) is 5.69 Å². The van der Waals surface area contributed by atoms with Crippen molar-refractivity contribution in [3.63, 3.8) is 0 Å². The molecule has 3 aromatic carbocycles. The zero-order valence-electron chi connectivity index (χ0n) is 15.5. The summed E-state index contributed by atoms with van der Waals surface area (Å²) in [6.07, 6.45) is 2.08. The molecule has 0 bridgehead atoms. The van der Waals surface area contributed by atoms with E-state index in [0.717, 1.165) is 23.9 Å². The topological polar surface area (TPSA) is 38.3 Å². The van der Waals surface area contributed by atoms with Gasteiger partial charge in [-0.3, -0.25) is 4.79 Å². The van der Waals surface area contributed by atoms with Crippen LogP contribution in [0.5, 0.6) is 5.75 Å². The smallest absolute Gasteiger partial charge is 0.262 e. The van der Waals surface area contributed by atoms with Gasteiger partial charge in [0.15, 0.2) is 12.4 Å². The molecule has 0 aromatic heterocycles. The molecule has 3 nitrogen and oxygen atoms in total. The molecule has 0 heterocycles. The molecule has 6 heteroatoms. The van der Waals surface area contributed by atoms with Crippen LogP contribution >= 0.6 is 34.8 Å². The fraction of sp³-hybridized carbons (Fsp3) is 0.227. The normalized spacial score (nSPS) is 12.5. The molecule has 4 rings (SSSR count). The van der Waals surface area contributed by atoms with Gasteiger partial charge in [-0.25, -0.2) is 0 Å². The molecule has 0 spiro atoms. The van der Waals surface area contributed by atoms with Gasteiger partial charge < -0.3 is 10.1 Å². The van der Waals surface area contributed by atoms with E-state index in [1.54, 1.807) is 13.8 Å². The minimum absolute atomic E-state index is 0.205. The molecule has 0 atom stereocenters. The average molecular weight is 435 g/mol. The molecule has 28 heavy (non-hydrogen) atoms. The molecule has 0 fully saturated rings. The quantitative estimate of drug-likeness (QED) is 0.507. The number of hydrogen-bond acceptors (Lipinski definition) is 2. The van der Waals surface area contributed by atoms with E-state index in [1.807, 2.05) is 18.2 Å². The lowest BCUT2D eigenvalue weighted by atomic mass is 10.0. The van der Waals surface area contributed by atoms with Gasteiger partial charge in [0.1, 0.15) is 0 Å². The summed E-state index contributed by atoms with van der Waals surface area (Å²) >= 11 is 18.8. The monoisotopic (exact) mass is 433 g/mol. The Bertz CT molecular complexity index is 1090. The largest absolute Gasteiger partial charge is 0.481 e. The van der Waals surface area contributed by atoms with Crippen LogP contribution in [0.25, 0.3) is 10.8 Å². The summed E-state index contributed by atoms with van der Waals surface area (Å²) in [5, 5.41) is 6.37. The lowest BCUT2D eigenvalue weighted by Gasteiger charge is -2.16. The van der Waals surface area contributed by atoms with E-state index in [-0.39, 0.29) is 18.3 Å². The van der Waals surface area contributed by atoms with Crippen molar-refractivity contribution >= 4 is 57.2 Å². The molecular weight excluding hydrogens is 417 g/mol. The predicted octanol–water partition coefficient (Wildman–Crippen LogP) is 6.53. The van der Waals surface area contributed by atoms with Crippen molar-refractivity contribution in [2.24, 2.45) is 0 Å². The number of carbonyl (C=O) groups excluding carboxylic acids is 1. The van der Waals surface area contributed by atoms with E-state index in [2.05, 4.69) is 17.4 Å². The first-order valence-electron chi connectivity index (χ1n) is 8.98. The molecule has 3 aromatic rings. The first kappa shape index (κ1) is 19.4. The molecule has 1 aliphatic rings. The standard InChI is InChI=1S/C22H18Cl3NO2/c1-11-19(23)12(2)21(25)22(20(11)24)28-10-17(27)26-16-9-8-14-7-6-13-4-3-5-15(16)18(13)14/h3-5,8-9H,6-7,10H2,1-2H3,(H,26,27). The van der Waals surface area contributed by atoms with Gasteiger partial charge in [-0.2, -0.15) is 0 Å². The molecule has 0 aliphatic heterocycles. The van der Waals surface area contributed by atoms with Crippen LogP contribution in [-0.4, -0.2) is 12.5 Å². The summed E-state index contributed by atoms with van der Waals surface area (Å²) in [5.41, 5.74) is 4.77. The van der Waals surface area contributed by atoms with E-state index in [9.17, 15) is 4.79 Å². The zero-order chi connectivity index (χ0) is 20.0. The summed E-state index contributed by atoms with van der Waals surface area (Å²) in [7, 11) is 0. The average Bonchev–Trinajstić information content (AvgIpc) is 3.12. The SMILES string of the molecule is Cc1c(Cl)c(C)c(Cl)c(OCC(=O)Nc2ccc3c4c(cccc24)CC3)c1Cl. The molecule has 1 amide bonds. The van der Waals surface area contributed by atoms with Crippen LogP contribution in [0.3, 0.4) is 0 Å². The Morgan fingerprint density at radius 1 is 0.964 bits per heavy atom. The van der Waals surface area contributed by atoms with Gasteiger partial charge in [-0.05, 0) is 60.4 Å². The lowest BCUT2D eigenvalue weighted by Crippen LogP contribution is -2.20.